The van der Waals surface area contributed by atoms with Crippen LogP contribution in [0.2, 0.25) is 5.02 Å². The van der Waals surface area contributed by atoms with Crippen LogP contribution in [0.4, 0.5) is 0 Å². The number of para-hydroxylation sites is 1. The van der Waals surface area contributed by atoms with E-state index in [2.05, 4.69) is 20.8 Å². The highest BCUT2D eigenvalue weighted by Crippen LogP contribution is 2.23. The van der Waals surface area contributed by atoms with Crippen molar-refractivity contribution < 1.29 is 9.53 Å². The van der Waals surface area contributed by atoms with Crippen molar-refractivity contribution in [1.82, 2.24) is 25.5 Å². The number of rotatable bonds is 6. The zero-order valence-electron chi connectivity index (χ0n) is 14.0. The number of aromatic nitrogens is 4. The van der Waals surface area contributed by atoms with Crippen LogP contribution >= 0.6 is 11.6 Å². The van der Waals surface area contributed by atoms with E-state index in [0.717, 1.165) is 12.8 Å². The summed E-state index contributed by atoms with van der Waals surface area (Å²) in [6.07, 6.45) is 6.94. The van der Waals surface area contributed by atoms with Crippen LogP contribution in [-0.2, 0) is 17.9 Å². The number of carbonyl (C=O) groups excluding carboxylic acids is 1. The molecular formula is C17H22ClN5O2. The second-order valence-corrected chi connectivity index (χ2v) is 6.64. The Morgan fingerprint density at radius 2 is 2.00 bits per heavy atom. The molecule has 1 aromatic carbocycles. The molecule has 3 rings (SSSR count). The summed E-state index contributed by atoms with van der Waals surface area (Å²) < 4.78 is 7.10. The fourth-order valence-corrected chi connectivity index (χ4v) is 3.18. The topological polar surface area (TPSA) is 81.9 Å². The van der Waals surface area contributed by atoms with Crippen LogP contribution in [0, 0.1) is 0 Å². The molecule has 2 aromatic rings. The average Bonchev–Trinajstić information content (AvgIpc) is 2.87. The highest BCUT2D eigenvalue weighted by molar-refractivity contribution is 6.32. The molecule has 1 heterocycles. The highest BCUT2D eigenvalue weighted by Gasteiger charge is 2.17. The second kappa shape index (κ2) is 8.80. The van der Waals surface area contributed by atoms with Crippen molar-refractivity contribution in [2.24, 2.45) is 0 Å². The monoisotopic (exact) mass is 363 g/mol. The molecule has 25 heavy (non-hydrogen) atoms. The molecule has 0 bridgehead atoms. The van der Waals surface area contributed by atoms with E-state index >= 15 is 0 Å². The fraction of sp³-hybridized carbons (Fsp3) is 0.529. The lowest BCUT2D eigenvalue weighted by Crippen LogP contribution is -2.37. The summed E-state index contributed by atoms with van der Waals surface area (Å²) in [6.45, 7) is 0.234. The van der Waals surface area contributed by atoms with E-state index in [9.17, 15) is 4.79 Å². The van der Waals surface area contributed by atoms with Crippen molar-refractivity contribution in [3.63, 3.8) is 0 Å². The van der Waals surface area contributed by atoms with Gasteiger partial charge in [0, 0.05) is 6.04 Å². The maximum Gasteiger partial charge on any atom is 0.242 e. The molecule has 7 nitrogen and oxygen atoms in total. The maximum atomic E-state index is 12.3. The van der Waals surface area contributed by atoms with Gasteiger partial charge in [0.2, 0.25) is 5.91 Å². The summed E-state index contributed by atoms with van der Waals surface area (Å²) in [7, 11) is 0. The molecule has 0 atom stereocenters. The van der Waals surface area contributed by atoms with Crippen LogP contribution in [0.15, 0.2) is 24.3 Å². The molecule has 1 N–H and O–H groups in total. The molecule has 1 amide bonds. The number of carbonyl (C=O) groups is 1. The van der Waals surface area contributed by atoms with Crippen LogP contribution in [0.3, 0.4) is 0 Å². The summed E-state index contributed by atoms with van der Waals surface area (Å²) in [5, 5.41) is 15.1. The van der Waals surface area contributed by atoms with Crippen molar-refractivity contribution >= 4 is 17.5 Å². The minimum atomic E-state index is -0.0711. The van der Waals surface area contributed by atoms with Crippen LogP contribution in [0.25, 0.3) is 0 Å². The van der Waals surface area contributed by atoms with Gasteiger partial charge in [0.1, 0.15) is 18.9 Å². The molecule has 1 aliphatic carbocycles. The van der Waals surface area contributed by atoms with Gasteiger partial charge in [-0.25, -0.2) is 4.68 Å². The lowest BCUT2D eigenvalue weighted by Gasteiger charge is -2.16. The Labute approximate surface area is 151 Å². The molecule has 0 radical (unpaired) electrons. The highest BCUT2D eigenvalue weighted by atomic mass is 35.5. The summed E-state index contributed by atoms with van der Waals surface area (Å²) in [5.74, 6) is 0.968. The predicted molar refractivity (Wildman–Crippen MR) is 93.2 cm³/mol. The lowest BCUT2D eigenvalue weighted by molar-refractivity contribution is -0.122. The fourth-order valence-electron chi connectivity index (χ4n) is 2.99. The number of tetrazole rings is 1. The molecule has 8 heteroatoms. The Kier molecular flexibility index (Phi) is 6.22. The van der Waals surface area contributed by atoms with Gasteiger partial charge in [-0.3, -0.25) is 4.79 Å². The molecule has 0 unspecified atom stereocenters. The van der Waals surface area contributed by atoms with Gasteiger partial charge in [-0.15, -0.1) is 5.10 Å². The SMILES string of the molecule is O=C(Cn1nnnc1COc1ccccc1Cl)NC1CCCCCC1. The standard InChI is InChI=1S/C17H22ClN5O2/c18-14-9-5-6-10-15(14)25-12-16-20-21-22-23(16)11-17(24)19-13-7-3-1-2-4-8-13/h5-6,9-10,13H,1-4,7-8,11-12H2,(H,19,24). The third-order valence-corrected chi connectivity index (χ3v) is 4.63. The number of nitrogens with one attached hydrogen (secondary N) is 1. The first-order valence-corrected chi connectivity index (χ1v) is 9.02. The molecular weight excluding hydrogens is 342 g/mol. The van der Waals surface area contributed by atoms with Crippen molar-refractivity contribution in [3.8, 4) is 5.75 Å². The molecule has 0 aliphatic heterocycles. The first kappa shape index (κ1) is 17.7. The van der Waals surface area contributed by atoms with Crippen molar-refractivity contribution in [2.75, 3.05) is 0 Å². The molecule has 134 valence electrons. The van der Waals surface area contributed by atoms with E-state index in [0.29, 0.717) is 16.6 Å². The Hall–Kier alpha value is -2.15. The van der Waals surface area contributed by atoms with Gasteiger partial charge in [0.25, 0.3) is 0 Å². The Balaban J connectivity index is 1.54. The number of nitrogens with zero attached hydrogens (tertiary/aromatic N) is 4. The largest absolute Gasteiger partial charge is 0.484 e. The van der Waals surface area contributed by atoms with Gasteiger partial charge >= 0.3 is 0 Å². The van der Waals surface area contributed by atoms with Crippen molar-refractivity contribution in [3.05, 3.63) is 35.1 Å². The van der Waals surface area contributed by atoms with E-state index < -0.39 is 0 Å². The Morgan fingerprint density at radius 1 is 1.24 bits per heavy atom. The van der Waals surface area contributed by atoms with E-state index in [1.165, 1.54) is 30.4 Å². The first-order valence-electron chi connectivity index (χ1n) is 8.64. The lowest BCUT2D eigenvalue weighted by atomic mass is 10.1. The Bertz CT molecular complexity index is 698. The van der Waals surface area contributed by atoms with E-state index in [-0.39, 0.29) is 25.1 Å². The van der Waals surface area contributed by atoms with Gasteiger partial charge < -0.3 is 10.1 Å². The number of hydrogen-bond acceptors (Lipinski definition) is 5. The first-order chi connectivity index (χ1) is 12.2. The molecule has 1 saturated carbocycles. The minimum Gasteiger partial charge on any atom is -0.484 e. The van der Waals surface area contributed by atoms with E-state index in [1.807, 2.05) is 12.1 Å². The summed E-state index contributed by atoms with van der Waals surface area (Å²) >= 11 is 6.06. The Morgan fingerprint density at radius 3 is 2.76 bits per heavy atom. The van der Waals surface area contributed by atoms with Crippen molar-refractivity contribution in [2.45, 2.75) is 57.7 Å². The van der Waals surface area contributed by atoms with Crippen LogP contribution < -0.4 is 10.1 Å². The third-order valence-electron chi connectivity index (χ3n) is 4.31. The van der Waals surface area contributed by atoms with Crippen LogP contribution in [0.1, 0.15) is 44.3 Å². The van der Waals surface area contributed by atoms with Gasteiger partial charge in [0.05, 0.1) is 5.02 Å². The third kappa shape index (κ3) is 5.16. The number of benzene rings is 1. The van der Waals surface area contributed by atoms with Gasteiger partial charge in [0.15, 0.2) is 5.82 Å². The van der Waals surface area contributed by atoms with E-state index in [4.69, 9.17) is 16.3 Å². The average molecular weight is 364 g/mol. The van der Waals surface area contributed by atoms with Crippen LogP contribution in [-0.4, -0.2) is 32.2 Å². The molecule has 0 saturated heterocycles. The number of halogens is 1. The summed E-state index contributed by atoms with van der Waals surface area (Å²) in [4.78, 5) is 12.3. The molecule has 1 aliphatic rings. The van der Waals surface area contributed by atoms with E-state index in [1.54, 1.807) is 12.1 Å². The molecule has 1 fully saturated rings. The number of hydrogen-bond donors (Lipinski definition) is 1. The van der Waals surface area contributed by atoms with Crippen LogP contribution in [0.5, 0.6) is 5.75 Å². The van der Waals surface area contributed by atoms with Gasteiger partial charge in [-0.05, 0) is 35.4 Å². The number of ether oxygens (including phenoxy) is 1. The summed E-state index contributed by atoms with van der Waals surface area (Å²) in [6, 6.07) is 7.45. The smallest absolute Gasteiger partial charge is 0.242 e. The van der Waals surface area contributed by atoms with Gasteiger partial charge in [-0.2, -0.15) is 0 Å². The quantitative estimate of drug-likeness (QED) is 0.798. The summed E-state index contributed by atoms with van der Waals surface area (Å²) in [5.41, 5.74) is 0. The maximum absolute atomic E-state index is 12.3. The van der Waals surface area contributed by atoms with Crippen molar-refractivity contribution in [1.29, 1.82) is 0 Å². The predicted octanol–water partition coefficient (Wildman–Crippen LogP) is 2.74. The normalized spacial score (nSPS) is 15.6. The minimum absolute atomic E-state index is 0.0711. The second-order valence-electron chi connectivity index (χ2n) is 6.23. The zero-order valence-corrected chi connectivity index (χ0v) is 14.8. The zero-order chi connectivity index (χ0) is 17.5. The molecule has 0 spiro atoms. The molecule has 1 aromatic heterocycles. The number of amides is 1. The van der Waals surface area contributed by atoms with Gasteiger partial charge in [-0.1, -0.05) is 49.4 Å².